The molecule has 0 spiro atoms. The molecular weight excluding hydrogens is 238 g/mol. The first-order valence-corrected chi connectivity index (χ1v) is 5.43. The summed E-state index contributed by atoms with van der Waals surface area (Å²) in [6.07, 6.45) is 0. The highest BCUT2D eigenvalue weighted by molar-refractivity contribution is 5.40. The van der Waals surface area contributed by atoms with E-state index in [1.807, 2.05) is 0 Å². The van der Waals surface area contributed by atoms with E-state index in [1.54, 1.807) is 25.1 Å². The van der Waals surface area contributed by atoms with E-state index in [2.05, 4.69) is 0 Å². The van der Waals surface area contributed by atoms with Gasteiger partial charge in [-0.15, -0.1) is 0 Å². The zero-order valence-corrected chi connectivity index (χ0v) is 9.78. The Hall–Kier alpha value is -1.94. The number of halogens is 2. The number of hydrogen-bond acceptors (Lipinski definition) is 2. The lowest BCUT2D eigenvalue weighted by molar-refractivity contribution is 0.281. The molecule has 0 radical (unpaired) electrons. The smallest absolute Gasteiger partial charge is 0.168 e. The van der Waals surface area contributed by atoms with Crippen LogP contribution in [0.5, 0.6) is 11.5 Å². The largest absolute Gasteiger partial charge is 0.454 e. The second-order valence-corrected chi connectivity index (χ2v) is 3.93. The van der Waals surface area contributed by atoms with Crippen molar-refractivity contribution in [2.45, 2.75) is 13.5 Å². The number of hydrogen-bond donors (Lipinski definition) is 1. The first-order chi connectivity index (χ1) is 8.60. The Bertz CT molecular complexity index is 568. The fourth-order valence-electron chi connectivity index (χ4n) is 1.60. The van der Waals surface area contributed by atoms with Gasteiger partial charge < -0.3 is 9.84 Å². The fraction of sp³-hybridized carbons (Fsp3) is 0.143. The van der Waals surface area contributed by atoms with Gasteiger partial charge in [0.25, 0.3) is 0 Å². The summed E-state index contributed by atoms with van der Waals surface area (Å²) in [5, 5.41) is 8.97. The molecule has 0 saturated carbocycles. The van der Waals surface area contributed by atoms with Gasteiger partial charge in [0.15, 0.2) is 11.6 Å². The van der Waals surface area contributed by atoms with Gasteiger partial charge in [-0.3, -0.25) is 0 Å². The average molecular weight is 250 g/mol. The van der Waals surface area contributed by atoms with Crippen LogP contribution in [-0.2, 0) is 6.61 Å². The molecule has 18 heavy (non-hydrogen) atoms. The molecule has 0 aliphatic carbocycles. The molecule has 4 heteroatoms. The van der Waals surface area contributed by atoms with Crippen molar-refractivity contribution < 1.29 is 18.6 Å². The summed E-state index contributed by atoms with van der Waals surface area (Å²) in [4.78, 5) is 0. The van der Waals surface area contributed by atoms with E-state index in [0.717, 1.165) is 23.3 Å². The van der Waals surface area contributed by atoms with E-state index in [9.17, 15) is 8.78 Å². The van der Waals surface area contributed by atoms with E-state index in [1.165, 1.54) is 6.07 Å². The molecule has 0 aliphatic heterocycles. The summed E-state index contributed by atoms with van der Waals surface area (Å²) in [5.74, 6) is -0.957. The first kappa shape index (κ1) is 12.5. The summed E-state index contributed by atoms with van der Waals surface area (Å²) < 4.78 is 31.5. The molecule has 0 unspecified atom stereocenters. The molecule has 0 aliphatic rings. The predicted molar refractivity (Wildman–Crippen MR) is 63.5 cm³/mol. The van der Waals surface area contributed by atoms with Gasteiger partial charge in [-0.25, -0.2) is 8.78 Å². The van der Waals surface area contributed by atoms with Gasteiger partial charge in [0.2, 0.25) is 0 Å². The Labute approximate surface area is 103 Å². The molecule has 94 valence electrons. The highest BCUT2D eigenvalue weighted by atomic mass is 19.1. The van der Waals surface area contributed by atoms with Crippen LogP contribution in [-0.4, -0.2) is 5.11 Å². The first-order valence-electron chi connectivity index (χ1n) is 5.43. The molecule has 0 saturated heterocycles. The van der Waals surface area contributed by atoms with Crippen LogP contribution in [0, 0.1) is 18.6 Å². The van der Waals surface area contributed by atoms with E-state index < -0.39 is 11.6 Å². The van der Waals surface area contributed by atoms with Crippen LogP contribution in [0.1, 0.15) is 11.1 Å². The SMILES string of the molecule is Cc1cc(CO)ccc1Oc1ccc(F)cc1F. The summed E-state index contributed by atoms with van der Waals surface area (Å²) in [7, 11) is 0. The molecule has 1 N–H and O–H groups in total. The van der Waals surface area contributed by atoms with E-state index in [0.29, 0.717) is 5.75 Å². The van der Waals surface area contributed by atoms with Crippen molar-refractivity contribution >= 4 is 0 Å². The van der Waals surface area contributed by atoms with Crippen LogP contribution in [0.3, 0.4) is 0 Å². The normalized spacial score (nSPS) is 10.4. The monoisotopic (exact) mass is 250 g/mol. The maximum Gasteiger partial charge on any atom is 0.168 e. The van der Waals surface area contributed by atoms with E-state index in [4.69, 9.17) is 9.84 Å². The average Bonchev–Trinajstić information content (AvgIpc) is 2.34. The van der Waals surface area contributed by atoms with Crippen molar-refractivity contribution in [1.82, 2.24) is 0 Å². The van der Waals surface area contributed by atoms with Crippen molar-refractivity contribution in [2.75, 3.05) is 0 Å². The van der Waals surface area contributed by atoms with Gasteiger partial charge in [0.1, 0.15) is 11.6 Å². The zero-order chi connectivity index (χ0) is 13.1. The fourth-order valence-corrected chi connectivity index (χ4v) is 1.60. The summed E-state index contributed by atoms with van der Waals surface area (Å²) in [6.45, 7) is 1.72. The number of ether oxygens (including phenoxy) is 1. The summed E-state index contributed by atoms with van der Waals surface area (Å²) >= 11 is 0. The van der Waals surface area contributed by atoms with Crippen molar-refractivity contribution in [3.8, 4) is 11.5 Å². The number of aliphatic hydroxyl groups is 1. The molecule has 0 aromatic heterocycles. The quantitative estimate of drug-likeness (QED) is 0.902. The van der Waals surface area contributed by atoms with Crippen LogP contribution >= 0.6 is 0 Å². The number of aliphatic hydroxyl groups excluding tert-OH is 1. The Morgan fingerprint density at radius 2 is 1.78 bits per heavy atom. The van der Waals surface area contributed by atoms with Crippen LogP contribution in [0.2, 0.25) is 0 Å². The Balaban J connectivity index is 2.28. The Kier molecular flexibility index (Phi) is 3.58. The van der Waals surface area contributed by atoms with Gasteiger partial charge in [-0.05, 0) is 36.2 Å². The van der Waals surface area contributed by atoms with Crippen LogP contribution in [0.4, 0.5) is 8.78 Å². The molecule has 0 atom stereocenters. The zero-order valence-electron chi connectivity index (χ0n) is 9.78. The number of rotatable bonds is 3. The third kappa shape index (κ3) is 2.65. The van der Waals surface area contributed by atoms with Gasteiger partial charge >= 0.3 is 0 Å². The van der Waals surface area contributed by atoms with E-state index in [-0.39, 0.29) is 12.4 Å². The minimum absolute atomic E-state index is 0.0313. The lowest BCUT2D eigenvalue weighted by Crippen LogP contribution is -1.93. The minimum atomic E-state index is -0.749. The van der Waals surface area contributed by atoms with Crippen LogP contribution < -0.4 is 4.74 Å². The highest BCUT2D eigenvalue weighted by Gasteiger charge is 2.08. The minimum Gasteiger partial charge on any atom is -0.454 e. The van der Waals surface area contributed by atoms with Crippen molar-refractivity contribution in [1.29, 1.82) is 0 Å². The van der Waals surface area contributed by atoms with Crippen LogP contribution in [0.15, 0.2) is 36.4 Å². The predicted octanol–water partition coefficient (Wildman–Crippen LogP) is 3.56. The van der Waals surface area contributed by atoms with Gasteiger partial charge in [-0.2, -0.15) is 0 Å². The molecule has 0 amide bonds. The molecule has 0 heterocycles. The second kappa shape index (κ2) is 5.14. The molecule has 0 fully saturated rings. The summed E-state index contributed by atoms with van der Waals surface area (Å²) in [5.41, 5.74) is 1.52. The topological polar surface area (TPSA) is 29.5 Å². The number of benzene rings is 2. The van der Waals surface area contributed by atoms with Gasteiger partial charge in [0.05, 0.1) is 6.61 Å². The third-order valence-corrected chi connectivity index (χ3v) is 2.54. The standard InChI is InChI=1S/C14H12F2O2/c1-9-6-10(8-17)2-4-13(9)18-14-5-3-11(15)7-12(14)16/h2-7,17H,8H2,1H3. The Morgan fingerprint density at radius 1 is 1.06 bits per heavy atom. The second-order valence-electron chi connectivity index (χ2n) is 3.93. The molecule has 2 aromatic rings. The maximum atomic E-state index is 13.4. The molecule has 0 bridgehead atoms. The van der Waals surface area contributed by atoms with Gasteiger partial charge in [-0.1, -0.05) is 12.1 Å². The summed E-state index contributed by atoms with van der Waals surface area (Å²) in [6, 6.07) is 8.22. The third-order valence-electron chi connectivity index (χ3n) is 2.54. The molecule has 2 nitrogen and oxygen atoms in total. The van der Waals surface area contributed by atoms with Crippen molar-refractivity contribution in [3.05, 3.63) is 59.2 Å². The lowest BCUT2D eigenvalue weighted by atomic mass is 10.1. The molecular formula is C14H12F2O2. The van der Waals surface area contributed by atoms with E-state index >= 15 is 0 Å². The highest BCUT2D eigenvalue weighted by Crippen LogP contribution is 2.28. The molecule has 2 rings (SSSR count). The van der Waals surface area contributed by atoms with Gasteiger partial charge in [0, 0.05) is 6.07 Å². The molecule has 2 aromatic carbocycles. The number of aryl methyl sites for hydroxylation is 1. The van der Waals surface area contributed by atoms with Crippen LogP contribution in [0.25, 0.3) is 0 Å². The van der Waals surface area contributed by atoms with Crippen molar-refractivity contribution in [3.63, 3.8) is 0 Å². The Morgan fingerprint density at radius 3 is 2.39 bits per heavy atom. The lowest BCUT2D eigenvalue weighted by Gasteiger charge is -2.10. The maximum absolute atomic E-state index is 13.4. The van der Waals surface area contributed by atoms with Crippen molar-refractivity contribution in [2.24, 2.45) is 0 Å².